The molecule has 7 heteroatoms. The molecule has 0 aliphatic carbocycles. The van der Waals surface area contributed by atoms with Crippen molar-refractivity contribution >= 4 is 26.8 Å². The molecule has 0 saturated carbocycles. The summed E-state index contributed by atoms with van der Waals surface area (Å²) < 4.78 is 39.9. The molecule has 21 heavy (non-hydrogen) atoms. The lowest BCUT2D eigenvalue weighted by Gasteiger charge is -2.09. The molecule has 110 valence electrons. The molecule has 3 aromatic rings. The third-order valence-electron chi connectivity index (χ3n) is 3.32. The Kier molecular flexibility index (Phi) is 3.54. The molecule has 3 heterocycles. The molecule has 0 radical (unpaired) electrons. The van der Waals surface area contributed by atoms with Gasteiger partial charge in [-0.3, -0.25) is 0 Å². The molecule has 0 amide bonds. The molecule has 0 aliphatic heterocycles. The highest BCUT2D eigenvalue weighted by molar-refractivity contribution is 7.91. The number of halogens is 1. The topological polar surface area (TPSA) is 51.4 Å². The van der Waals surface area contributed by atoms with Crippen molar-refractivity contribution in [3.05, 3.63) is 58.4 Å². The van der Waals surface area contributed by atoms with Crippen LogP contribution in [0.2, 0.25) is 0 Å². The number of hydrogen-bond acceptors (Lipinski definition) is 4. The lowest BCUT2D eigenvalue weighted by Crippen LogP contribution is -2.12. The van der Waals surface area contributed by atoms with Crippen LogP contribution in [0, 0.1) is 5.82 Å². The molecule has 1 unspecified atom stereocenters. The third kappa shape index (κ3) is 2.71. The van der Waals surface area contributed by atoms with E-state index in [4.69, 9.17) is 0 Å². The lowest BCUT2D eigenvalue weighted by atomic mass is 10.4. The predicted molar refractivity (Wildman–Crippen MR) is 80.5 cm³/mol. The molecular weight excluding hydrogens is 311 g/mol. The van der Waals surface area contributed by atoms with E-state index in [1.807, 2.05) is 11.4 Å². The van der Waals surface area contributed by atoms with E-state index in [0.29, 0.717) is 5.69 Å². The average molecular weight is 324 g/mol. The minimum atomic E-state index is -3.38. The van der Waals surface area contributed by atoms with Gasteiger partial charge in [0.2, 0.25) is 0 Å². The zero-order valence-corrected chi connectivity index (χ0v) is 12.9. The first-order valence-electron chi connectivity index (χ1n) is 6.34. The first kappa shape index (κ1) is 14.2. The molecule has 0 N–H and O–H groups in total. The van der Waals surface area contributed by atoms with E-state index in [2.05, 4.69) is 4.98 Å². The van der Waals surface area contributed by atoms with Crippen LogP contribution in [0.4, 0.5) is 4.39 Å². The molecule has 0 bridgehead atoms. The van der Waals surface area contributed by atoms with Crippen molar-refractivity contribution in [3.63, 3.8) is 0 Å². The minimum Gasteiger partial charge on any atom is -0.304 e. The Hall–Kier alpha value is -1.73. The fourth-order valence-corrected chi connectivity index (χ4v) is 4.63. The van der Waals surface area contributed by atoms with E-state index in [1.165, 1.54) is 21.8 Å². The van der Waals surface area contributed by atoms with E-state index in [0.717, 1.165) is 4.88 Å². The minimum absolute atomic E-state index is 0.145. The van der Waals surface area contributed by atoms with Crippen molar-refractivity contribution in [3.8, 4) is 0 Å². The Bertz CT molecular complexity index is 870. The molecule has 4 nitrogen and oxygen atoms in total. The van der Waals surface area contributed by atoms with Gasteiger partial charge in [-0.1, -0.05) is 6.07 Å². The van der Waals surface area contributed by atoms with Crippen molar-refractivity contribution in [2.45, 2.75) is 17.9 Å². The number of imidazole rings is 1. The fourth-order valence-electron chi connectivity index (χ4n) is 2.13. The summed E-state index contributed by atoms with van der Waals surface area (Å²) in [5.41, 5.74) is 0.495. The maximum atomic E-state index is 13.6. The molecule has 0 fully saturated rings. The highest BCUT2D eigenvalue weighted by Gasteiger charge is 2.25. The van der Waals surface area contributed by atoms with E-state index >= 15 is 0 Å². The zero-order chi connectivity index (χ0) is 15.0. The van der Waals surface area contributed by atoms with Crippen molar-refractivity contribution in [2.75, 3.05) is 0 Å². The van der Waals surface area contributed by atoms with Crippen LogP contribution in [0.3, 0.4) is 0 Å². The van der Waals surface area contributed by atoms with Gasteiger partial charge in [0.1, 0.15) is 0 Å². The zero-order valence-electron chi connectivity index (χ0n) is 11.2. The van der Waals surface area contributed by atoms with Gasteiger partial charge in [0.25, 0.3) is 0 Å². The summed E-state index contributed by atoms with van der Waals surface area (Å²) in [6.45, 7) is 1.66. The second kappa shape index (κ2) is 5.23. The van der Waals surface area contributed by atoms with Gasteiger partial charge in [-0.2, -0.15) is 0 Å². The van der Waals surface area contributed by atoms with Crippen LogP contribution in [-0.4, -0.2) is 17.8 Å². The average Bonchev–Trinajstić information content (AvgIpc) is 3.06. The van der Waals surface area contributed by atoms with Crippen molar-refractivity contribution < 1.29 is 12.8 Å². The number of pyridine rings is 1. The van der Waals surface area contributed by atoms with Gasteiger partial charge in [0.05, 0.1) is 16.7 Å². The molecule has 3 rings (SSSR count). The molecule has 0 spiro atoms. The summed E-state index contributed by atoms with van der Waals surface area (Å²) in [6.07, 6.45) is 3.20. The number of fused-ring (bicyclic) bond motifs is 1. The molecule has 1 atom stereocenters. The Morgan fingerprint density at radius 2 is 2.19 bits per heavy atom. The summed E-state index contributed by atoms with van der Waals surface area (Å²) in [6, 6.07) is 6.48. The van der Waals surface area contributed by atoms with Crippen molar-refractivity contribution in [1.29, 1.82) is 0 Å². The summed E-state index contributed by atoms with van der Waals surface area (Å²) in [4.78, 5) is 4.87. The number of hydrogen-bond donors (Lipinski definition) is 0. The normalized spacial score (nSPS) is 13.6. The number of sulfone groups is 1. The van der Waals surface area contributed by atoms with Crippen LogP contribution in [0.1, 0.15) is 22.7 Å². The molecule has 0 saturated heterocycles. The van der Waals surface area contributed by atoms with E-state index < -0.39 is 20.9 Å². The number of nitrogens with zero attached hydrogens (tertiary/aromatic N) is 2. The first-order chi connectivity index (χ1) is 9.97. The Balaban J connectivity index is 1.92. The molecule has 0 aliphatic rings. The SMILES string of the molecule is CC(c1cccs1)S(=O)(=O)Cc1cn2cccc(F)c2n1. The standard InChI is InChI=1S/C14H13FN2O2S2/c1-10(13-5-3-7-20-13)21(18,19)9-11-8-17-6-2-4-12(15)14(17)16-11/h2-8,10H,9H2,1H3. The van der Waals surface area contributed by atoms with Gasteiger partial charge >= 0.3 is 0 Å². The van der Waals surface area contributed by atoms with Crippen LogP contribution in [-0.2, 0) is 15.6 Å². The summed E-state index contributed by atoms with van der Waals surface area (Å²) in [5, 5.41) is 1.26. The number of thiophene rings is 1. The number of aromatic nitrogens is 2. The van der Waals surface area contributed by atoms with Crippen LogP contribution in [0.25, 0.3) is 5.65 Å². The second-order valence-corrected chi connectivity index (χ2v) is 8.08. The van der Waals surface area contributed by atoms with Crippen LogP contribution >= 0.6 is 11.3 Å². The van der Waals surface area contributed by atoms with Gasteiger partial charge in [-0.25, -0.2) is 17.8 Å². The van der Waals surface area contributed by atoms with Crippen molar-refractivity contribution in [2.24, 2.45) is 0 Å². The van der Waals surface area contributed by atoms with E-state index in [-0.39, 0.29) is 11.4 Å². The van der Waals surface area contributed by atoms with Crippen molar-refractivity contribution in [1.82, 2.24) is 9.38 Å². The largest absolute Gasteiger partial charge is 0.304 e. The van der Waals surface area contributed by atoms with Gasteiger partial charge in [-0.15, -0.1) is 11.3 Å². The maximum absolute atomic E-state index is 13.6. The van der Waals surface area contributed by atoms with Crippen LogP contribution in [0.15, 0.2) is 42.0 Å². The van der Waals surface area contributed by atoms with Gasteiger partial charge in [0.15, 0.2) is 21.3 Å². The highest BCUT2D eigenvalue weighted by Crippen LogP contribution is 2.28. The quantitative estimate of drug-likeness (QED) is 0.740. The summed E-state index contributed by atoms with van der Waals surface area (Å²) >= 11 is 1.41. The Labute approximate surface area is 125 Å². The molecule has 3 aromatic heterocycles. The van der Waals surface area contributed by atoms with Gasteiger partial charge in [-0.05, 0) is 30.5 Å². The van der Waals surface area contributed by atoms with Crippen LogP contribution < -0.4 is 0 Å². The van der Waals surface area contributed by atoms with Gasteiger partial charge in [0, 0.05) is 17.3 Å². The smallest absolute Gasteiger partial charge is 0.173 e. The van der Waals surface area contributed by atoms with Gasteiger partial charge < -0.3 is 4.40 Å². The molecule has 0 aromatic carbocycles. The predicted octanol–water partition coefficient (Wildman–Crippen LogP) is 3.21. The lowest BCUT2D eigenvalue weighted by molar-refractivity contribution is 0.585. The maximum Gasteiger partial charge on any atom is 0.173 e. The Morgan fingerprint density at radius 3 is 2.86 bits per heavy atom. The first-order valence-corrected chi connectivity index (χ1v) is 8.94. The third-order valence-corrected chi connectivity index (χ3v) is 6.55. The summed E-state index contributed by atoms with van der Waals surface area (Å²) in [7, 11) is -3.38. The second-order valence-electron chi connectivity index (χ2n) is 4.78. The fraction of sp³-hybridized carbons (Fsp3) is 0.214. The van der Waals surface area contributed by atoms with Crippen LogP contribution in [0.5, 0.6) is 0 Å². The number of rotatable bonds is 4. The monoisotopic (exact) mass is 324 g/mol. The van der Waals surface area contributed by atoms with E-state index in [1.54, 1.807) is 31.5 Å². The molecular formula is C14H13FN2O2S2. The highest BCUT2D eigenvalue weighted by atomic mass is 32.2. The van der Waals surface area contributed by atoms with E-state index in [9.17, 15) is 12.8 Å². The Morgan fingerprint density at radius 1 is 1.38 bits per heavy atom. The summed E-state index contributed by atoms with van der Waals surface area (Å²) in [5.74, 6) is -0.667.